The molecule has 10 heteroatoms. The van der Waals surface area contributed by atoms with Crippen molar-refractivity contribution in [3.8, 4) is 0 Å². The van der Waals surface area contributed by atoms with Crippen molar-refractivity contribution in [2.24, 2.45) is 68.3 Å². The predicted octanol–water partition coefficient (Wildman–Crippen LogP) is 6.53. The van der Waals surface area contributed by atoms with E-state index in [4.69, 9.17) is 20.3 Å². The number of nitrogens with one attached hydrogen (secondary N) is 1. The molecular weight excluding hydrogens is 630 g/mol. The molecule has 1 aromatic rings. The summed E-state index contributed by atoms with van der Waals surface area (Å²) in [5.74, 6) is 0.342. The van der Waals surface area contributed by atoms with E-state index in [0.717, 1.165) is 32.1 Å². The number of carbonyl (C=O) groups excluding carboxylic acids is 1. The number of nitrogens with zero attached hydrogens (tertiary/aromatic N) is 3. The number of fused-ring (bicyclic) bond motifs is 3. The van der Waals surface area contributed by atoms with Gasteiger partial charge in [-0.25, -0.2) is 9.67 Å². The van der Waals surface area contributed by atoms with Crippen molar-refractivity contribution in [2.45, 2.75) is 125 Å². The molecule has 1 aliphatic heterocycles. The van der Waals surface area contributed by atoms with Crippen molar-refractivity contribution >= 4 is 11.9 Å². The molecule has 1 amide bonds. The zero-order chi connectivity index (χ0) is 36.8. The highest BCUT2D eigenvalue weighted by molar-refractivity contribution is 5.90. The summed E-state index contributed by atoms with van der Waals surface area (Å²) in [5.41, 5.74) is 6.15. The monoisotopic (exact) mass is 695 g/mol. The number of carbonyl (C=O) groups is 2. The van der Waals surface area contributed by atoms with Gasteiger partial charge >= 0.3 is 5.97 Å². The Labute approximate surface area is 300 Å². The molecule has 12 atom stereocenters. The first-order chi connectivity index (χ1) is 23.2. The van der Waals surface area contributed by atoms with Crippen molar-refractivity contribution < 1.29 is 24.2 Å². The topological polar surface area (TPSA) is 142 Å². The Kier molecular flexibility index (Phi) is 9.29. The Balaban J connectivity index is 1.48. The molecule has 10 nitrogen and oxygen atoms in total. The molecule has 1 aromatic heterocycles. The second-order valence-electron chi connectivity index (χ2n) is 19.1. The summed E-state index contributed by atoms with van der Waals surface area (Å²) >= 11 is 0. The summed E-state index contributed by atoms with van der Waals surface area (Å²) in [6, 6.07) is -0.271. The smallest absolute Gasteiger partial charge is 0.307 e. The molecule has 0 radical (unpaired) electrons. The van der Waals surface area contributed by atoms with Crippen LogP contribution in [0.4, 0.5) is 0 Å². The van der Waals surface area contributed by atoms with Gasteiger partial charge in [0, 0.05) is 23.4 Å². The fraction of sp³-hybridized carbons (Fsp3) is 0.850. The molecule has 4 aliphatic carbocycles. The maximum Gasteiger partial charge on any atom is 0.307 e. The fourth-order valence-electron chi connectivity index (χ4n) is 12.3. The number of carboxylic acids is 1. The molecule has 1 saturated heterocycles. The first-order valence-corrected chi connectivity index (χ1v) is 19.3. The largest absolute Gasteiger partial charge is 0.481 e. The summed E-state index contributed by atoms with van der Waals surface area (Å²) in [4.78, 5) is 31.1. The standard InChI is InChI=1S/C40H65N5O5/c1-23(2)25(5)35(6)16-17-37(8)26-12-13-29-36(7)19-49-21-40(29,27(26)14-15-38(37,9)30(35)34(47)48)18-28(31(36)50-20-39(10,41)24(3)4)45-32(33(46)42-11)43-22-44-45/h14,22-26,28-31H,12-13,15-21,41H2,1-11H3,(H,42,46)(H,47,48)/t25-,26+,28-,29+,30-,31+,35-,36-,37-,38+,39+,40+/m1/s1. The highest BCUT2D eigenvalue weighted by atomic mass is 16.5. The van der Waals surface area contributed by atoms with Crippen molar-refractivity contribution in [1.82, 2.24) is 20.1 Å². The van der Waals surface area contributed by atoms with Crippen molar-refractivity contribution in [2.75, 3.05) is 26.9 Å². The van der Waals surface area contributed by atoms with Crippen LogP contribution in [0.5, 0.6) is 0 Å². The number of carboxylic acid groups (broad SMARTS) is 1. The zero-order valence-corrected chi connectivity index (χ0v) is 32.6. The van der Waals surface area contributed by atoms with E-state index >= 15 is 0 Å². The van der Waals surface area contributed by atoms with E-state index in [1.807, 2.05) is 11.6 Å². The molecule has 0 aromatic carbocycles. The average Bonchev–Trinajstić information content (AvgIpc) is 3.53. The Morgan fingerprint density at radius 2 is 1.82 bits per heavy atom. The maximum absolute atomic E-state index is 13.5. The maximum atomic E-state index is 13.5. The minimum atomic E-state index is -0.648. The minimum absolute atomic E-state index is 0.189. The first kappa shape index (κ1) is 37.5. The third-order valence-corrected chi connectivity index (χ3v) is 16.3. The number of hydrogen-bond donors (Lipinski definition) is 3. The molecule has 0 spiro atoms. The van der Waals surface area contributed by atoms with Crippen LogP contribution >= 0.6 is 0 Å². The third-order valence-electron chi connectivity index (χ3n) is 16.3. The van der Waals surface area contributed by atoms with Crippen LogP contribution in [0.1, 0.15) is 124 Å². The molecule has 4 N–H and O–H groups in total. The summed E-state index contributed by atoms with van der Waals surface area (Å²) in [5, 5.41) is 18.5. The van der Waals surface area contributed by atoms with Crippen molar-refractivity contribution in [3.05, 3.63) is 23.8 Å². The number of nitrogens with two attached hydrogens (primary N) is 1. The van der Waals surface area contributed by atoms with Crippen LogP contribution in [0.25, 0.3) is 0 Å². The van der Waals surface area contributed by atoms with E-state index in [0.29, 0.717) is 38.1 Å². The normalized spacial score (nSPS) is 42.8. The number of amides is 1. The first-order valence-electron chi connectivity index (χ1n) is 19.3. The van der Waals surface area contributed by atoms with Gasteiger partial charge < -0.3 is 25.6 Å². The van der Waals surface area contributed by atoms with E-state index in [1.165, 1.54) is 11.9 Å². The van der Waals surface area contributed by atoms with E-state index in [-0.39, 0.29) is 63.3 Å². The number of rotatable bonds is 9. The summed E-state index contributed by atoms with van der Waals surface area (Å²) < 4.78 is 15.5. The van der Waals surface area contributed by atoms with E-state index in [9.17, 15) is 14.7 Å². The molecule has 6 rings (SSSR count). The van der Waals surface area contributed by atoms with Gasteiger partial charge in [-0.1, -0.05) is 74.0 Å². The fourth-order valence-corrected chi connectivity index (χ4v) is 12.3. The minimum Gasteiger partial charge on any atom is -0.481 e. The van der Waals surface area contributed by atoms with Crippen LogP contribution in [0, 0.1) is 62.6 Å². The van der Waals surface area contributed by atoms with Crippen molar-refractivity contribution in [1.29, 1.82) is 0 Å². The second kappa shape index (κ2) is 12.4. The van der Waals surface area contributed by atoms with E-state index < -0.39 is 22.8 Å². The molecule has 280 valence electrons. The van der Waals surface area contributed by atoms with Crippen LogP contribution in [0.3, 0.4) is 0 Å². The Morgan fingerprint density at radius 1 is 1.12 bits per heavy atom. The number of aromatic nitrogens is 3. The van der Waals surface area contributed by atoms with Gasteiger partial charge in [0.05, 0.1) is 37.9 Å². The molecule has 50 heavy (non-hydrogen) atoms. The molecule has 5 aliphatic rings. The second-order valence-corrected chi connectivity index (χ2v) is 19.1. The quantitative estimate of drug-likeness (QED) is 0.248. The van der Waals surface area contributed by atoms with Gasteiger partial charge in [0.2, 0.25) is 5.82 Å². The lowest BCUT2D eigenvalue weighted by Gasteiger charge is -2.71. The molecule has 2 heterocycles. The van der Waals surface area contributed by atoms with Crippen LogP contribution in [-0.4, -0.2) is 70.3 Å². The predicted molar refractivity (Wildman–Crippen MR) is 193 cm³/mol. The summed E-state index contributed by atoms with van der Waals surface area (Å²) in [6.07, 6.45) is 9.01. The van der Waals surface area contributed by atoms with E-state index in [2.05, 4.69) is 78.7 Å². The third kappa shape index (κ3) is 5.11. The Morgan fingerprint density at radius 3 is 2.44 bits per heavy atom. The number of ether oxygens (including phenoxy) is 2. The number of aliphatic carboxylic acids is 1. The molecule has 0 unspecified atom stereocenters. The highest BCUT2D eigenvalue weighted by Gasteiger charge is 2.72. The van der Waals surface area contributed by atoms with E-state index in [1.54, 1.807) is 7.05 Å². The Hall–Kier alpha value is -2.30. The number of allylic oxidation sites excluding steroid dienone is 1. The van der Waals surface area contributed by atoms with Gasteiger partial charge in [0.25, 0.3) is 5.91 Å². The lowest BCUT2D eigenvalue weighted by molar-refractivity contribution is -0.252. The number of hydrogen-bond acceptors (Lipinski definition) is 7. The van der Waals surface area contributed by atoms with Crippen LogP contribution in [0.2, 0.25) is 0 Å². The molecular formula is C40H65N5O5. The van der Waals surface area contributed by atoms with Gasteiger partial charge in [-0.2, -0.15) is 5.10 Å². The van der Waals surface area contributed by atoms with Gasteiger partial charge in [0.1, 0.15) is 6.33 Å². The van der Waals surface area contributed by atoms with Crippen LogP contribution in [-0.2, 0) is 14.3 Å². The highest BCUT2D eigenvalue weighted by Crippen LogP contribution is 2.75. The van der Waals surface area contributed by atoms with Gasteiger partial charge in [-0.05, 0) is 91.3 Å². The molecule has 3 saturated carbocycles. The van der Waals surface area contributed by atoms with Gasteiger partial charge in [-0.15, -0.1) is 0 Å². The lowest BCUT2D eigenvalue weighted by atomic mass is 9.34. The van der Waals surface area contributed by atoms with Gasteiger partial charge in [0.15, 0.2) is 0 Å². The molecule has 4 fully saturated rings. The summed E-state index contributed by atoms with van der Waals surface area (Å²) in [6.45, 7) is 23.8. The van der Waals surface area contributed by atoms with Crippen molar-refractivity contribution in [3.63, 3.8) is 0 Å². The SMILES string of the molecule is CNC(=O)c1ncnn1[C@@H]1C[C@@]23COC[C@](C)([C@@H]2CC[C@H]2C3=CC[C@@]3(C)[C@H](C(=O)O)[C@@](C)([C@H](C)C(C)C)CC[C@]23C)[C@H]1OC[C@](C)(N)C(C)C. The van der Waals surface area contributed by atoms with Crippen LogP contribution < -0.4 is 11.1 Å². The molecule has 2 bridgehead atoms. The summed E-state index contributed by atoms with van der Waals surface area (Å²) in [7, 11) is 1.62. The zero-order valence-electron chi connectivity index (χ0n) is 32.6. The van der Waals surface area contributed by atoms with Crippen LogP contribution in [0.15, 0.2) is 18.0 Å². The Bertz CT molecular complexity index is 1520. The van der Waals surface area contributed by atoms with Gasteiger partial charge in [-0.3, -0.25) is 9.59 Å². The average molecular weight is 696 g/mol. The lowest BCUT2D eigenvalue weighted by Crippen LogP contribution is -2.69.